The molecule has 0 fully saturated rings. The van der Waals surface area contributed by atoms with E-state index in [0.29, 0.717) is 31.2 Å². The second-order valence-corrected chi connectivity index (χ2v) is 6.95. The number of ketones is 1. The van der Waals surface area contributed by atoms with E-state index in [1.54, 1.807) is 24.1 Å². The first-order valence-electron chi connectivity index (χ1n) is 8.94. The number of fused-ring (bicyclic) bond motifs is 1. The Morgan fingerprint density at radius 3 is 2.71 bits per heavy atom. The van der Waals surface area contributed by atoms with Gasteiger partial charge in [0.25, 0.3) is 0 Å². The summed E-state index contributed by atoms with van der Waals surface area (Å²) in [5.41, 5.74) is 0.631. The van der Waals surface area contributed by atoms with Crippen molar-refractivity contribution in [2.75, 3.05) is 6.54 Å². The van der Waals surface area contributed by atoms with Crippen LogP contribution in [0.4, 0.5) is 0 Å². The maximum atomic E-state index is 12.4. The Kier molecular flexibility index (Phi) is 6.35. The van der Waals surface area contributed by atoms with Crippen LogP contribution in [0.3, 0.4) is 0 Å². The molecule has 132 valence electrons. The molecule has 2 rings (SSSR count). The summed E-state index contributed by atoms with van der Waals surface area (Å²) in [6.45, 7) is 9.91. The zero-order chi connectivity index (χ0) is 17.7. The average molecular weight is 331 g/mol. The van der Waals surface area contributed by atoms with Crippen molar-refractivity contribution in [1.82, 2.24) is 14.5 Å². The number of amides is 1. The molecule has 0 saturated carbocycles. The van der Waals surface area contributed by atoms with Gasteiger partial charge in [-0.25, -0.2) is 4.98 Å². The summed E-state index contributed by atoms with van der Waals surface area (Å²) < 4.78 is 1.92. The highest BCUT2D eigenvalue weighted by molar-refractivity contribution is 5.92. The molecule has 1 amide bonds. The van der Waals surface area contributed by atoms with Gasteiger partial charge < -0.3 is 9.47 Å². The highest BCUT2D eigenvalue weighted by Crippen LogP contribution is 2.17. The molecule has 2 atom stereocenters. The molecule has 1 aromatic heterocycles. The maximum Gasteiger partial charge on any atom is 0.246 e. The number of carbonyl (C=O) groups is 2. The van der Waals surface area contributed by atoms with Crippen molar-refractivity contribution in [1.29, 1.82) is 0 Å². The molecular formula is C19H29N3O2. The first kappa shape index (κ1) is 18.4. The molecule has 5 heteroatoms. The normalized spacial score (nSPS) is 16.9. The van der Waals surface area contributed by atoms with E-state index in [4.69, 9.17) is 0 Å². The van der Waals surface area contributed by atoms with Gasteiger partial charge in [-0.3, -0.25) is 9.59 Å². The van der Waals surface area contributed by atoms with Crippen LogP contribution in [0.25, 0.3) is 0 Å². The number of aromatic nitrogens is 2. The first-order chi connectivity index (χ1) is 11.4. The average Bonchev–Trinajstić information content (AvgIpc) is 3.00. The fourth-order valence-electron chi connectivity index (χ4n) is 2.93. The lowest BCUT2D eigenvalue weighted by atomic mass is 9.96. The minimum absolute atomic E-state index is 0.0172. The minimum atomic E-state index is 0.0172. The van der Waals surface area contributed by atoms with Crippen LogP contribution in [0.5, 0.6) is 0 Å². The van der Waals surface area contributed by atoms with Gasteiger partial charge in [-0.15, -0.1) is 0 Å². The van der Waals surface area contributed by atoms with Crippen molar-refractivity contribution in [2.24, 2.45) is 11.8 Å². The Morgan fingerprint density at radius 1 is 1.29 bits per heavy atom. The monoisotopic (exact) mass is 331 g/mol. The summed E-state index contributed by atoms with van der Waals surface area (Å²) in [5, 5.41) is 0. The molecule has 0 radical (unpaired) electrons. The van der Waals surface area contributed by atoms with Crippen molar-refractivity contribution in [3.8, 4) is 0 Å². The van der Waals surface area contributed by atoms with Gasteiger partial charge in [0, 0.05) is 20.0 Å². The van der Waals surface area contributed by atoms with Crippen LogP contribution >= 0.6 is 0 Å². The second-order valence-electron chi connectivity index (χ2n) is 6.95. The van der Waals surface area contributed by atoms with E-state index >= 15 is 0 Å². The molecule has 1 aliphatic heterocycles. The lowest BCUT2D eigenvalue weighted by Crippen LogP contribution is -2.38. The largest absolute Gasteiger partial charge is 0.330 e. The zero-order valence-electron chi connectivity index (χ0n) is 15.3. The molecule has 24 heavy (non-hydrogen) atoms. The third kappa shape index (κ3) is 4.56. The lowest BCUT2D eigenvalue weighted by Gasteiger charge is -2.27. The third-order valence-corrected chi connectivity index (χ3v) is 4.92. The molecule has 2 heterocycles. The van der Waals surface area contributed by atoms with Gasteiger partial charge in [-0.1, -0.05) is 39.7 Å². The summed E-state index contributed by atoms with van der Waals surface area (Å²) in [4.78, 5) is 30.0. The SMILES string of the molecule is CCC(C)CCC(C)/C=C/C(=O)N1CCn2c(C(C)=O)cnc2C1. The van der Waals surface area contributed by atoms with Crippen molar-refractivity contribution < 1.29 is 9.59 Å². The predicted molar refractivity (Wildman–Crippen MR) is 94.6 cm³/mol. The third-order valence-electron chi connectivity index (χ3n) is 4.92. The molecule has 0 bridgehead atoms. The highest BCUT2D eigenvalue weighted by Gasteiger charge is 2.23. The number of carbonyl (C=O) groups excluding carboxylic acids is 2. The predicted octanol–water partition coefficient (Wildman–Crippen LogP) is 3.45. The van der Waals surface area contributed by atoms with E-state index in [1.165, 1.54) is 12.8 Å². The van der Waals surface area contributed by atoms with Gasteiger partial charge in [0.1, 0.15) is 11.5 Å². The van der Waals surface area contributed by atoms with Crippen molar-refractivity contribution in [3.63, 3.8) is 0 Å². The number of hydrogen-bond donors (Lipinski definition) is 0. The van der Waals surface area contributed by atoms with Crippen LogP contribution < -0.4 is 0 Å². The number of allylic oxidation sites excluding steroid dienone is 1. The van der Waals surface area contributed by atoms with Gasteiger partial charge in [0.15, 0.2) is 5.78 Å². The van der Waals surface area contributed by atoms with E-state index in [2.05, 4.69) is 25.8 Å². The summed E-state index contributed by atoms with van der Waals surface area (Å²) in [5.74, 6) is 2.00. The van der Waals surface area contributed by atoms with E-state index < -0.39 is 0 Å². The second kappa shape index (κ2) is 8.27. The topological polar surface area (TPSA) is 55.2 Å². The van der Waals surface area contributed by atoms with E-state index in [-0.39, 0.29) is 11.7 Å². The molecule has 0 saturated heterocycles. The van der Waals surface area contributed by atoms with Crippen LogP contribution in [-0.4, -0.2) is 32.7 Å². The first-order valence-corrected chi connectivity index (χ1v) is 8.94. The molecule has 0 aromatic carbocycles. The molecule has 0 aliphatic carbocycles. The van der Waals surface area contributed by atoms with Crippen LogP contribution in [0.15, 0.2) is 18.3 Å². The fourth-order valence-corrected chi connectivity index (χ4v) is 2.93. The number of nitrogens with zero attached hydrogens (tertiary/aromatic N) is 3. The smallest absolute Gasteiger partial charge is 0.246 e. The summed E-state index contributed by atoms with van der Waals surface area (Å²) in [6.07, 6.45) is 8.85. The maximum absolute atomic E-state index is 12.4. The Balaban J connectivity index is 1.89. The van der Waals surface area contributed by atoms with Gasteiger partial charge in [0.2, 0.25) is 5.91 Å². The molecule has 5 nitrogen and oxygen atoms in total. The fraction of sp³-hybridized carbons (Fsp3) is 0.632. The number of hydrogen-bond acceptors (Lipinski definition) is 3. The quantitative estimate of drug-likeness (QED) is 0.568. The molecule has 2 unspecified atom stereocenters. The minimum Gasteiger partial charge on any atom is -0.330 e. The standard InChI is InChI=1S/C19H29N3O2/c1-5-14(2)6-7-15(3)8-9-19(24)21-10-11-22-17(16(4)23)12-20-18(22)13-21/h8-9,12,14-15H,5-7,10-11,13H2,1-4H3/b9-8+. The van der Waals surface area contributed by atoms with Crippen molar-refractivity contribution in [3.05, 3.63) is 29.9 Å². The van der Waals surface area contributed by atoms with Crippen LogP contribution in [0.2, 0.25) is 0 Å². The zero-order valence-corrected chi connectivity index (χ0v) is 15.3. The van der Waals surface area contributed by atoms with E-state index in [9.17, 15) is 9.59 Å². The summed E-state index contributed by atoms with van der Waals surface area (Å²) in [7, 11) is 0. The molecular weight excluding hydrogens is 302 g/mol. The van der Waals surface area contributed by atoms with E-state index in [0.717, 1.165) is 18.2 Å². The van der Waals surface area contributed by atoms with Gasteiger partial charge in [0.05, 0.1) is 12.7 Å². The molecule has 1 aliphatic rings. The molecule has 1 aromatic rings. The van der Waals surface area contributed by atoms with Crippen LogP contribution in [0.1, 0.15) is 63.3 Å². The number of imidazole rings is 1. The van der Waals surface area contributed by atoms with Gasteiger partial charge >= 0.3 is 0 Å². The summed E-state index contributed by atoms with van der Waals surface area (Å²) in [6, 6.07) is 0. The van der Waals surface area contributed by atoms with Gasteiger partial charge in [-0.2, -0.15) is 0 Å². The van der Waals surface area contributed by atoms with Gasteiger partial charge in [-0.05, 0) is 24.3 Å². The number of rotatable bonds is 7. The van der Waals surface area contributed by atoms with Crippen molar-refractivity contribution >= 4 is 11.7 Å². The Hall–Kier alpha value is -1.91. The highest BCUT2D eigenvalue weighted by atomic mass is 16.2. The van der Waals surface area contributed by atoms with Crippen LogP contribution in [-0.2, 0) is 17.9 Å². The Bertz CT molecular complexity index is 618. The Labute approximate surface area is 144 Å². The summed E-state index contributed by atoms with van der Waals surface area (Å²) >= 11 is 0. The van der Waals surface area contributed by atoms with E-state index in [1.807, 2.05) is 10.6 Å². The van der Waals surface area contributed by atoms with Crippen molar-refractivity contribution in [2.45, 2.75) is 60.0 Å². The lowest BCUT2D eigenvalue weighted by molar-refractivity contribution is -0.127. The Morgan fingerprint density at radius 2 is 2.04 bits per heavy atom. The molecule has 0 N–H and O–H groups in total. The molecule has 0 spiro atoms. The number of Topliss-reactive ketones (excluding diaryl/α,β-unsaturated/α-hetero) is 1. The van der Waals surface area contributed by atoms with Crippen LogP contribution in [0, 0.1) is 11.8 Å².